The van der Waals surface area contributed by atoms with Crippen LogP contribution >= 0.6 is 0 Å². The van der Waals surface area contributed by atoms with Crippen molar-refractivity contribution in [2.45, 2.75) is 45.6 Å². The number of aromatic nitrogens is 3. The van der Waals surface area contributed by atoms with E-state index < -0.39 is 0 Å². The van der Waals surface area contributed by atoms with E-state index in [1.165, 1.54) is 12.0 Å². The summed E-state index contributed by atoms with van der Waals surface area (Å²) in [6.07, 6.45) is 13.4. The molecule has 34 heavy (non-hydrogen) atoms. The molecular weight excluding hydrogens is 424 g/mol. The highest BCUT2D eigenvalue weighted by atomic mass is 16.5. The summed E-state index contributed by atoms with van der Waals surface area (Å²) in [7, 11) is 0. The fraction of sp³-hybridized carbons (Fsp3) is 0.393. The number of hydrogen-bond acceptors (Lipinski definition) is 5. The average Bonchev–Trinajstić information content (AvgIpc) is 3.36. The first-order valence-corrected chi connectivity index (χ1v) is 12.2. The molecule has 0 amide bonds. The Morgan fingerprint density at radius 2 is 1.97 bits per heavy atom. The smallest absolute Gasteiger partial charge is 0.168 e. The lowest BCUT2D eigenvalue weighted by molar-refractivity contribution is 0.0150. The van der Waals surface area contributed by atoms with Gasteiger partial charge in [0.05, 0.1) is 18.9 Å². The summed E-state index contributed by atoms with van der Waals surface area (Å²) in [5, 5.41) is 0. The molecular formula is C28H32N4O2. The molecule has 4 heterocycles. The maximum Gasteiger partial charge on any atom is 0.168 e. The molecule has 2 aliphatic rings. The Morgan fingerprint density at radius 3 is 2.68 bits per heavy atom. The van der Waals surface area contributed by atoms with Gasteiger partial charge >= 0.3 is 0 Å². The topological polar surface area (TPSA) is 60.2 Å². The van der Waals surface area contributed by atoms with E-state index in [0.717, 1.165) is 67.3 Å². The molecule has 1 atom stereocenters. The largest absolute Gasteiger partial charge is 0.379 e. The van der Waals surface area contributed by atoms with Crippen LogP contribution in [0.15, 0.2) is 55.1 Å². The first kappa shape index (κ1) is 22.7. The number of carbonyl (C=O) groups excluding carboxylic acids is 1. The van der Waals surface area contributed by atoms with Crippen LogP contribution < -0.4 is 0 Å². The van der Waals surface area contributed by atoms with Crippen molar-refractivity contribution in [2.24, 2.45) is 0 Å². The third kappa shape index (κ3) is 5.03. The first-order chi connectivity index (χ1) is 16.6. The van der Waals surface area contributed by atoms with Gasteiger partial charge in [-0.25, -0.2) is 4.98 Å². The summed E-state index contributed by atoms with van der Waals surface area (Å²) in [4.78, 5) is 24.7. The summed E-state index contributed by atoms with van der Waals surface area (Å²) >= 11 is 0. The Balaban J connectivity index is 1.23. The van der Waals surface area contributed by atoms with Gasteiger partial charge in [0, 0.05) is 55.9 Å². The lowest BCUT2D eigenvalue weighted by Crippen LogP contribution is -2.43. The minimum atomic E-state index is 0.0880. The Labute approximate surface area is 201 Å². The SMILES string of the molecule is Cc1ccc(-n2ccc(C(=O)Cc3cnc(C4=CCC(N5CCOCC5)CC4)c(C)c3)c2)nc1. The van der Waals surface area contributed by atoms with Gasteiger partial charge in [-0.05, 0) is 67.5 Å². The van der Waals surface area contributed by atoms with Crippen LogP contribution in [0.2, 0.25) is 0 Å². The number of hydrogen-bond donors (Lipinski definition) is 0. The van der Waals surface area contributed by atoms with Gasteiger partial charge in [0.25, 0.3) is 0 Å². The number of rotatable bonds is 6. The predicted octanol–water partition coefficient (Wildman–Crippen LogP) is 4.58. The molecule has 6 nitrogen and oxygen atoms in total. The highest BCUT2D eigenvalue weighted by Gasteiger charge is 2.24. The van der Waals surface area contributed by atoms with E-state index in [2.05, 4.69) is 29.0 Å². The molecule has 0 aromatic carbocycles. The zero-order valence-electron chi connectivity index (χ0n) is 20.0. The minimum absolute atomic E-state index is 0.0880. The summed E-state index contributed by atoms with van der Waals surface area (Å²) in [5.41, 5.74) is 6.31. The molecule has 176 valence electrons. The molecule has 1 unspecified atom stereocenters. The lowest BCUT2D eigenvalue weighted by Gasteiger charge is -2.36. The zero-order chi connectivity index (χ0) is 23.5. The zero-order valence-corrected chi connectivity index (χ0v) is 20.0. The summed E-state index contributed by atoms with van der Waals surface area (Å²) < 4.78 is 7.38. The van der Waals surface area contributed by atoms with E-state index in [-0.39, 0.29) is 5.78 Å². The molecule has 5 rings (SSSR count). The number of carbonyl (C=O) groups is 1. The molecule has 0 radical (unpaired) electrons. The fourth-order valence-electron chi connectivity index (χ4n) is 4.98. The van der Waals surface area contributed by atoms with Crippen molar-refractivity contribution >= 4 is 11.4 Å². The minimum Gasteiger partial charge on any atom is -0.379 e. The monoisotopic (exact) mass is 456 g/mol. The summed E-state index contributed by atoms with van der Waals surface area (Å²) in [5.74, 6) is 0.896. The number of Topliss-reactive ketones (excluding diaryl/α,β-unsaturated/α-hetero) is 1. The van der Waals surface area contributed by atoms with Gasteiger partial charge in [-0.3, -0.25) is 14.7 Å². The third-order valence-electron chi connectivity index (χ3n) is 6.92. The van der Waals surface area contributed by atoms with E-state index in [4.69, 9.17) is 9.72 Å². The predicted molar refractivity (Wildman–Crippen MR) is 133 cm³/mol. The Hall–Kier alpha value is -3.09. The van der Waals surface area contributed by atoms with Crippen LogP contribution in [-0.4, -0.2) is 57.6 Å². The van der Waals surface area contributed by atoms with Gasteiger partial charge in [0.1, 0.15) is 5.82 Å². The standard InChI is InChI=1S/C28H32N4O2/c1-20-3-8-27(29-17-20)32-10-9-24(19-32)26(33)16-22-15-21(2)28(30-18-22)23-4-6-25(7-5-23)31-11-13-34-14-12-31/h3-4,8-10,15,17-19,25H,5-7,11-14,16H2,1-2H3. The van der Waals surface area contributed by atoms with Crippen molar-refractivity contribution < 1.29 is 9.53 Å². The van der Waals surface area contributed by atoms with Crippen LogP contribution in [-0.2, 0) is 11.2 Å². The number of morpholine rings is 1. The van der Waals surface area contributed by atoms with Crippen LogP contribution in [0.5, 0.6) is 0 Å². The molecule has 0 bridgehead atoms. The number of pyridine rings is 2. The average molecular weight is 457 g/mol. The normalized spacial score (nSPS) is 19.1. The molecule has 1 saturated heterocycles. The quantitative estimate of drug-likeness (QED) is 0.508. The van der Waals surface area contributed by atoms with E-state index >= 15 is 0 Å². The van der Waals surface area contributed by atoms with Gasteiger partial charge in [0.15, 0.2) is 5.78 Å². The van der Waals surface area contributed by atoms with E-state index in [9.17, 15) is 4.79 Å². The summed E-state index contributed by atoms with van der Waals surface area (Å²) in [6.45, 7) is 7.89. The molecule has 3 aromatic rings. The van der Waals surface area contributed by atoms with Gasteiger partial charge in [-0.1, -0.05) is 18.2 Å². The Bertz CT molecular complexity index is 1190. The number of ketones is 1. The van der Waals surface area contributed by atoms with E-state index in [1.807, 2.05) is 54.5 Å². The molecule has 0 N–H and O–H groups in total. The highest BCUT2D eigenvalue weighted by molar-refractivity contribution is 5.97. The van der Waals surface area contributed by atoms with Crippen molar-refractivity contribution in [3.8, 4) is 5.82 Å². The van der Waals surface area contributed by atoms with Crippen LogP contribution in [0.4, 0.5) is 0 Å². The van der Waals surface area contributed by atoms with Crippen LogP contribution in [0.1, 0.15) is 52.0 Å². The first-order valence-electron chi connectivity index (χ1n) is 12.2. The summed E-state index contributed by atoms with van der Waals surface area (Å²) in [6, 6.07) is 8.57. The Kier molecular flexibility index (Phi) is 6.70. The van der Waals surface area contributed by atoms with Gasteiger partial charge < -0.3 is 9.30 Å². The third-order valence-corrected chi connectivity index (χ3v) is 6.92. The van der Waals surface area contributed by atoms with E-state index in [0.29, 0.717) is 18.0 Å². The van der Waals surface area contributed by atoms with Crippen LogP contribution in [0.25, 0.3) is 11.4 Å². The Morgan fingerprint density at radius 1 is 1.12 bits per heavy atom. The molecule has 3 aromatic heterocycles. The molecule has 1 aliphatic heterocycles. The second kappa shape index (κ2) is 10.0. The lowest BCUT2D eigenvalue weighted by atomic mass is 9.90. The van der Waals surface area contributed by atoms with Crippen molar-refractivity contribution in [1.29, 1.82) is 0 Å². The van der Waals surface area contributed by atoms with Crippen molar-refractivity contribution in [3.63, 3.8) is 0 Å². The highest BCUT2D eigenvalue weighted by Crippen LogP contribution is 2.30. The van der Waals surface area contributed by atoms with Crippen molar-refractivity contribution in [3.05, 3.63) is 83.1 Å². The number of nitrogens with zero attached hydrogens (tertiary/aromatic N) is 4. The molecule has 1 fully saturated rings. The second-order valence-electron chi connectivity index (χ2n) is 9.42. The van der Waals surface area contributed by atoms with Gasteiger partial charge in [-0.2, -0.15) is 0 Å². The van der Waals surface area contributed by atoms with E-state index in [1.54, 1.807) is 0 Å². The number of ether oxygens (including phenoxy) is 1. The van der Waals surface area contributed by atoms with Crippen molar-refractivity contribution in [1.82, 2.24) is 19.4 Å². The van der Waals surface area contributed by atoms with Crippen LogP contribution in [0, 0.1) is 13.8 Å². The van der Waals surface area contributed by atoms with Gasteiger partial charge in [0.2, 0.25) is 0 Å². The van der Waals surface area contributed by atoms with Crippen LogP contribution in [0.3, 0.4) is 0 Å². The fourth-order valence-corrected chi connectivity index (χ4v) is 4.98. The van der Waals surface area contributed by atoms with Gasteiger partial charge in [-0.15, -0.1) is 0 Å². The number of aryl methyl sites for hydroxylation is 2. The molecule has 6 heteroatoms. The molecule has 0 saturated carbocycles. The molecule has 1 aliphatic carbocycles. The second-order valence-corrected chi connectivity index (χ2v) is 9.42. The molecule has 0 spiro atoms. The van der Waals surface area contributed by atoms with Crippen molar-refractivity contribution in [2.75, 3.05) is 26.3 Å². The maximum atomic E-state index is 12.9. The number of allylic oxidation sites excluding steroid dienone is 1. The maximum absolute atomic E-state index is 12.9.